The minimum atomic E-state index is -0.704. The zero-order valence-electron chi connectivity index (χ0n) is 11.1. The molecule has 1 atom stereocenters. The largest absolute Gasteiger partial charge is 0.382 e. The molecular formula is C11H15N5O3S. The second-order valence-electron chi connectivity index (χ2n) is 4.34. The molecule has 0 spiro atoms. The van der Waals surface area contributed by atoms with Crippen LogP contribution in [0.1, 0.15) is 22.5 Å². The first-order valence-electron chi connectivity index (χ1n) is 5.99. The number of likely N-dealkylation sites (tertiary alicyclic amines) is 1. The van der Waals surface area contributed by atoms with Gasteiger partial charge in [-0.1, -0.05) is 11.3 Å². The zero-order valence-corrected chi connectivity index (χ0v) is 11.9. The predicted octanol–water partition coefficient (Wildman–Crippen LogP) is -0.356. The molecule has 1 aliphatic heterocycles. The lowest BCUT2D eigenvalue weighted by Gasteiger charge is -2.27. The van der Waals surface area contributed by atoms with Crippen molar-refractivity contribution < 1.29 is 14.4 Å². The highest BCUT2D eigenvalue weighted by Gasteiger charge is 2.33. The first kappa shape index (κ1) is 14.3. The number of nitrogens with zero attached hydrogens (tertiary/aromatic N) is 2. The third-order valence-corrected chi connectivity index (χ3v) is 4.12. The van der Waals surface area contributed by atoms with Gasteiger partial charge in [0.2, 0.25) is 5.91 Å². The van der Waals surface area contributed by atoms with Crippen molar-refractivity contribution in [1.82, 2.24) is 15.2 Å². The number of anilines is 2. The van der Waals surface area contributed by atoms with Gasteiger partial charge in [0.05, 0.1) is 0 Å². The maximum Gasteiger partial charge on any atom is 0.265 e. The molecule has 8 nitrogen and oxygen atoms in total. The van der Waals surface area contributed by atoms with Gasteiger partial charge in [0.15, 0.2) is 5.13 Å². The Kier molecular flexibility index (Phi) is 3.89. The van der Waals surface area contributed by atoms with E-state index in [-0.39, 0.29) is 23.0 Å². The molecule has 3 amide bonds. The number of nitrogen functional groups attached to an aromatic ring is 1. The normalized spacial score (nSPS) is 19.1. The van der Waals surface area contributed by atoms with E-state index in [1.165, 1.54) is 7.05 Å². The van der Waals surface area contributed by atoms with Crippen LogP contribution in [0.4, 0.5) is 10.9 Å². The number of hydrogen-bond acceptors (Lipinski definition) is 7. The van der Waals surface area contributed by atoms with E-state index in [2.05, 4.69) is 15.6 Å². The standard InChI is InChI=1S/C11H15N5O3S/c1-13-11-15-8(12)7(20-11)9(18)14-5-3-4-6(17)16(2)10(5)19/h5H,3-4,12H2,1-2H3,(H,13,15)(H,14,18). The second kappa shape index (κ2) is 5.45. The maximum atomic E-state index is 12.1. The smallest absolute Gasteiger partial charge is 0.265 e. The average molecular weight is 297 g/mol. The second-order valence-corrected chi connectivity index (χ2v) is 5.34. The number of imide groups is 1. The molecule has 0 bridgehead atoms. The molecule has 0 aromatic carbocycles. The molecule has 4 N–H and O–H groups in total. The van der Waals surface area contributed by atoms with E-state index >= 15 is 0 Å². The number of hydrogen-bond donors (Lipinski definition) is 3. The zero-order chi connectivity index (χ0) is 14.9. The van der Waals surface area contributed by atoms with Crippen molar-refractivity contribution >= 4 is 40.0 Å². The van der Waals surface area contributed by atoms with Gasteiger partial charge in [0.25, 0.3) is 11.8 Å². The quantitative estimate of drug-likeness (QED) is 0.656. The number of amides is 3. The fraction of sp³-hybridized carbons (Fsp3) is 0.455. The fourth-order valence-electron chi connectivity index (χ4n) is 1.87. The van der Waals surface area contributed by atoms with Crippen molar-refractivity contribution in [3.8, 4) is 0 Å². The first-order valence-corrected chi connectivity index (χ1v) is 6.81. The van der Waals surface area contributed by atoms with Crippen molar-refractivity contribution in [3.05, 3.63) is 4.88 Å². The summed E-state index contributed by atoms with van der Waals surface area (Å²) in [7, 11) is 3.08. The molecule has 108 valence electrons. The van der Waals surface area contributed by atoms with Crippen LogP contribution in [0.2, 0.25) is 0 Å². The van der Waals surface area contributed by atoms with Crippen LogP contribution in [0.15, 0.2) is 0 Å². The Morgan fingerprint density at radius 2 is 2.20 bits per heavy atom. The predicted molar refractivity (Wildman–Crippen MR) is 74.3 cm³/mol. The SMILES string of the molecule is CNc1nc(N)c(C(=O)NC2CCC(=O)N(C)C2=O)s1. The summed E-state index contributed by atoms with van der Waals surface area (Å²) in [5, 5.41) is 5.91. The number of rotatable bonds is 3. The Balaban J connectivity index is 2.09. The van der Waals surface area contributed by atoms with Crippen molar-refractivity contribution in [2.45, 2.75) is 18.9 Å². The Morgan fingerprint density at radius 1 is 1.50 bits per heavy atom. The lowest BCUT2D eigenvalue weighted by molar-refractivity contribution is -0.147. The molecule has 1 aromatic heterocycles. The minimum absolute atomic E-state index is 0.115. The molecule has 20 heavy (non-hydrogen) atoms. The highest BCUT2D eigenvalue weighted by molar-refractivity contribution is 7.18. The average Bonchev–Trinajstić information content (AvgIpc) is 2.81. The lowest BCUT2D eigenvalue weighted by Crippen LogP contribution is -2.52. The van der Waals surface area contributed by atoms with Crippen LogP contribution in [0, 0.1) is 0 Å². The van der Waals surface area contributed by atoms with E-state index in [4.69, 9.17) is 5.73 Å². The number of carbonyl (C=O) groups excluding carboxylic acids is 3. The summed E-state index contributed by atoms with van der Waals surface area (Å²) < 4.78 is 0. The van der Waals surface area contributed by atoms with Crippen molar-refractivity contribution in [2.75, 3.05) is 25.1 Å². The maximum absolute atomic E-state index is 12.1. The molecule has 1 saturated heterocycles. The number of nitrogens with one attached hydrogen (secondary N) is 2. The molecule has 2 heterocycles. The number of nitrogens with two attached hydrogens (primary N) is 1. The van der Waals surface area contributed by atoms with Crippen molar-refractivity contribution in [2.24, 2.45) is 0 Å². The van der Waals surface area contributed by atoms with Gasteiger partial charge in [0.1, 0.15) is 16.7 Å². The van der Waals surface area contributed by atoms with Gasteiger partial charge >= 0.3 is 0 Å². The van der Waals surface area contributed by atoms with Gasteiger partial charge in [0, 0.05) is 20.5 Å². The Labute approximate surface area is 119 Å². The molecule has 0 aliphatic carbocycles. The molecule has 1 unspecified atom stereocenters. The van der Waals surface area contributed by atoms with Crippen LogP contribution in [-0.2, 0) is 9.59 Å². The van der Waals surface area contributed by atoms with Crippen LogP contribution in [0.3, 0.4) is 0 Å². The number of thiazole rings is 1. The highest BCUT2D eigenvalue weighted by Crippen LogP contribution is 2.24. The molecular weight excluding hydrogens is 282 g/mol. The summed E-state index contributed by atoms with van der Waals surface area (Å²) in [5.41, 5.74) is 5.66. The third-order valence-electron chi connectivity index (χ3n) is 3.03. The highest BCUT2D eigenvalue weighted by atomic mass is 32.1. The van der Waals surface area contributed by atoms with E-state index in [1.807, 2.05) is 0 Å². The molecule has 2 rings (SSSR count). The third kappa shape index (κ3) is 2.57. The molecule has 0 radical (unpaired) electrons. The number of carbonyl (C=O) groups is 3. The summed E-state index contributed by atoms with van der Waals surface area (Å²) in [4.78, 5) is 40.6. The number of aromatic nitrogens is 1. The lowest BCUT2D eigenvalue weighted by atomic mass is 10.0. The van der Waals surface area contributed by atoms with Gasteiger partial charge in [-0.05, 0) is 6.42 Å². The summed E-state index contributed by atoms with van der Waals surface area (Å²) in [6, 6.07) is -0.704. The van der Waals surface area contributed by atoms with Gasteiger partial charge in [-0.15, -0.1) is 0 Å². The van der Waals surface area contributed by atoms with E-state index in [9.17, 15) is 14.4 Å². The monoisotopic (exact) mass is 297 g/mol. The van der Waals surface area contributed by atoms with Gasteiger partial charge in [-0.2, -0.15) is 0 Å². The van der Waals surface area contributed by atoms with E-state index in [0.29, 0.717) is 11.6 Å². The van der Waals surface area contributed by atoms with Crippen LogP contribution >= 0.6 is 11.3 Å². The van der Waals surface area contributed by atoms with Gasteiger partial charge in [-0.3, -0.25) is 19.3 Å². The van der Waals surface area contributed by atoms with Gasteiger partial charge in [-0.25, -0.2) is 4.98 Å². The Bertz CT molecular complexity index is 570. The number of piperidine rings is 1. The molecule has 1 aliphatic rings. The summed E-state index contributed by atoms with van der Waals surface area (Å²) in [6.45, 7) is 0. The van der Waals surface area contributed by atoms with Crippen molar-refractivity contribution in [3.63, 3.8) is 0 Å². The molecule has 1 aromatic rings. The summed E-state index contributed by atoms with van der Waals surface area (Å²) in [6.07, 6.45) is 0.526. The van der Waals surface area contributed by atoms with E-state index in [1.54, 1.807) is 7.05 Å². The van der Waals surface area contributed by atoms with Crippen LogP contribution in [0.25, 0.3) is 0 Å². The summed E-state index contributed by atoms with van der Waals surface area (Å²) in [5.74, 6) is -0.992. The first-order chi connectivity index (χ1) is 9.43. The van der Waals surface area contributed by atoms with Crippen LogP contribution in [-0.4, -0.2) is 47.7 Å². The summed E-state index contributed by atoms with van der Waals surface area (Å²) >= 11 is 1.11. The fourth-order valence-corrected chi connectivity index (χ4v) is 2.62. The van der Waals surface area contributed by atoms with Gasteiger partial charge < -0.3 is 16.4 Å². The van der Waals surface area contributed by atoms with E-state index < -0.39 is 17.9 Å². The Hall–Kier alpha value is -2.16. The molecule has 1 fully saturated rings. The molecule has 9 heteroatoms. The Morgan fingerprint density at radius 3 is 2.80 bits per heavy atom. The van der Waals surface area contributed by atoms with E-state index in [0.717, 1.165) is 16.2 Å². The van der Waals surface area contributed by atoms with Crippen molar-refractivity contribution in [1.29, 1.82) is 0 Å². The van der Waals surface area contributed by atoms with Crippen LogP contribution < -0.4 is 16.4 Å². The number of likely N-dealkylation sites (N-methyl/N-ethyl adjacent to an activating group) is 1. The minimum Gasteiger partial charge on any atom is -0.382 e. The molecule has 0 saturated carbocycles. The topological polar surface area (TPSA) is 117 Å². The van der Waals surface area contributed by atoms with Crippen LogP contribution in [0.5, 0.6) is 0 Å².